The van der Waals surface area contributed by atoms with Crippen LogP contribution in [0.2, 0.25) is 0 Å². The number of likely N-dealkylation sites (tertiary alicyclic amines) is 1. The smallest absolute Gasteiger partial charge is 0.137 e. The molecule has 1 saturated heterocycles. The molecule has 1 aromatic rings. The topological polar surface area (TPSA) is 38.1 Å². The van der Waals surface area contributed by atoms with Gasteiger partial charge in [0, 0.05) is 19.8 Å². The Hall–Kier alpha value is -1.16. The fourth-order valence-electron chi connectivity index (χ4n) is 2.12. The van der Waals surface area contributed by atoms with Crippen LogP contribution < -0.4 is 0 Å². The second-order valence-corrected chi connectivity index (χ2v) is 4.15. The summed E-state index contributed by atoms with van der Waals surface area (Å²) < 4.78 is 1.80. The Morgan fingerprint density at radius 3 is 3.13 bits per heavy atom. The van der Waals surface area contributed by atoms with E-state index in [0.29, 0.717) is 0 Å². The fourth-order valence-corrected chi connectivity index (χ4v) is 2.12. The van der Waals surface area contributed by atoms with Crippen LogP contribution in [0.4, 0.5) is 0 Å². The van der Waals surface area contributed by atoms with Gasteiger partial charge in [-0.15, -0.1) is 0 Å². The van der Waals surface area contributed by atoms with Gasteiger partial charge in [0.25, 0.3) is 0 Å². The molecule has 0 N–H and O–H groups in total. The van der Waals surface area contributed by atoms with Crippen molar-refractivity contribution >= 4 is 6.29 Å². The number of nitrogens with zero attached hydrogens (tertiary/aromatic N) is 3. The highest BCUT2D eigenvalue weighted by Gasteiger charge is 2.22. The monoisotopic (exact) mass is 207 g/mol. The summed E-state index contributed by atoms with van der Waals surface area (Å²) in [6, 6.07) is 2.11. The second-order valence-electron chi connectivity index (χ2n) is 4.15. The molecule has 1 aliphatic heterocycles. The van der Waals surface area contributed by atoms with E-state index in [9.17, 15) is 4.79 Å². The summed E-state index contributed by atoms with van der Waals surface area (Å²) in [4.78, 5) is 13.1. The number of aryl methyl sites for hydroxylation is 1. The van der Waals surface area contributed by atoms with Gasteiger partial charge in [-0.3, -0.25) is 9.58 Å². The predicted molar refractivity (Wildman–Crippen MR) is 57.3 cm³/mol. The Bertz CT molecular complexity index is 334. The van der Waals surface area contributed by atoms with Crippen LogP contribution in [-0.4, -0.2) is 33.6 Å². The van der Waals surface area contributed by atoms with Crippen LogP contribution in [0.15, 0.2) is 12.3 Å². The lowest BCUT2D eigenvalue weighted by atomic mass is 10.0. The lowest BCUT2D eigenvalue weighted by Gasteiger charge is -2.31. The van der Waals surface area contributed by atoms with E-state index >= 15 is 0 Å². The molecule has 82 valence electrons. The third-order valence-corrected chi connectivity index (χ3v) is 2.96. The highest BCUT2D eigenvalue weighted by molar-refractivity contribution is 5.57. The van der Waals surface area contributed by atoms with Crippen molar-refractivity contribution in [2.24, 2.45) is 7.05 Å². The van der Waals surface area contributed by atoms with E-state index in [2.05, 4.69) is 10.00 Å². The van der Waals surface area contributed by atoms with Crippen LogP contribution in [0.3, 0.4) is 0 Å². The molecule has 0 aromatic carbocycles. The lowest BCUT2D eigenvalue weighted by molar-refractivity contribution is -0.113. The Morgan fingerprint density at radius 1 is 1.60 bits per heavy atom. The molecule has 1 fully saturated rings. The number of rotatable bonds is 3. The molecule has 4 heteroatoms. The maximum atomic E-state index is 10.9. The number of hydrogen-bond acceptors (Lipinski definition) is 3. The largest absolute Gasteiger partial charge is 0.302 e. The van der Waals surface area contributed by atoms with Gasteiger partial charge in [-0.2, -0.15) is 5.10 Å². The zero-order chi connectivity index (χ0) is 10.7. The SMILES string of the molecule is Cn1ccc(CN2CCCCC2C=O)n1. The van der Waals surface area contributed by atoms with E-state index < -0.39 is 0 Å². The Morgan fingerprint density at radius 2 is 2.47 bits per heavy atom. The van der Waals surface area contributed by atoms with Crippen molar-refractivity contribution in [3.63, 3.8) is 0 Å². The van der Waals surface area contributed by atoms with Crippen molar-refractivity contribution in [2.75, 3.05) is 6.54 Å². The summed E-state index contributed by atoms with van der Waals surface area (Å²) in [6.45, 7) is 1.81. The van der Waals surface area contributed by atoms with Crippen LogP contribution >= 0.6 is 0 Å². The standard InChI is InChI=1S/C11H17N3O/c1-13-7-5-10(12-13)8-14-6-3-2-4-11(14)9-15/h5,7,9,11H,2-4,6,8H2,1H3. The van der Waals surface area contributed by atoms with Gasteiger partial charge in [0.15, 0.2) is 0 Å². The minimum absolute atomic E-state index is 0.0979. The molecule has 1 aliphatic rings. The summed E-state index contributed by atoms with van der Waals surface area (Å²) in [7, 11) is 1.91. The quantitative estimate of drug-likeness (QED) is 0.693. The van der Waals surface area contributed by atoms with Crippen LogP contribution in [0.1, 0.15) is 25.0 Å². The molecule has 2 heterocycles. The summed E-state index contributed by atoms with van der Waals surface area (Å²) in [6.07, 6.45) is 6.37. The van der Waals surface area contributed by atoms with Crippen molar-refractivity contribution in [2.45, 2.75) is 31.8 Å². The average molecular weight is 207 g/mol. The van der Waals surface area contributed by atoms with Gasteiger partial charge in [-0.05, 0) is 25.5 Å². The van der Waals surface area contributed by atoms with E-state index in [0.717, 1.165) is 31.5 Å². The molecule has 1 aromatic heterocycles. The maximum Gasteiger partial charge on any atom is 0.137 e. The molecule has 15 heavy (non-hydrogen) atoms. The molecule has 0 radical (unpaired) electrons. The molecular weight excluding hydrogens is 190 g/mol. The average Bonchev–Trinajstić information content (AvgIpc) is 2.65. The Balaban J connectivity index is 2.00. The van der Waals surface area contributed by atoms with Crippen molar-refractivity contribution in [1.82, 2.24) is 14.7 Å². The number of aromatic nitrogens is 2. The van der Waals surface area contributed by atoms with Gasteiger partial charge in [0.1, 0.15) is 6.29 Å². The number of aldehydes is 1. The van der Waals surface area contributed by atoms with Crippen molar-refractivity contribution in [1.29, 1.82) is 0 Å². The Kier molecular flexibility index (Phi) is 3.16. The first-order valence-corrected chi connectivity index (χ1v) is 5.47. The van der Waals surface area contributed by atoms with Gasteiger partial charge in [0.05, 0.1) is 11.7 Å². The normalized spacial score (nSPS) is 22.9. The van der Waals surface area contributed by atoms with Crippen molar-refractivity contribution in [3.05, 3.63) is 18.0 Å². The van der Waals surface area contributed by atoms with Crippen LogP contribution in [0.25, 0.3) is 0 Å². The van der Waals surface area contributed by atoms with E-state index in [1.807, 2.05) is 19.3 Å². The fraction of sp³-hybridized carbons (Fsp3) is 0.636. The molecule has 0 saturated carbocycles. The number of piperidine rings is 1. The number of hydrogen-bond donors (Lipinski definition) is 0. The van der Waals surface area contributed by atoms with E-state index in [1.54, 1.807) is 4.68 Å². The van der Waals surface area contributed by atoms with Gasteiger partial charge in [0.2, 0.25) is 0 Å². The van der Waals surface area contributed by atoms with Crippen molar-refractivity contribution in [3.8, 4) is 0 Å². The van der Waals surface area contributed by atoms with E-state index in [1.165, 1.54) is 12.8 Å². The van der Waals surface area contributed by atoms with Crippen molar-refractivity contribution < 1.29 is 4.79 Å². The van der Waals surface area contributed by atoms with Crippen LogP contribution in [0, 0.1) is 0 Å². The molecule has 1 atom stereocenters. The highest BCUT2D eigenvalue weighted by atomic mass is 16.1. The van der Waals surface area contributed by atoms with Crippen LogP contribution in [-0.2, 0) is 18.4 Å². The maximum absolute atomic E-state index is 10.9. The lowest BCUT2D eigenvalue weighted by Crippen LogP contribution is -2.39. The second kappa shape index (κ2) is 4.57. The molecule has 0 spiro atoms. The summed E-state index contributed by atoms with van der Waals surface area (Å²) >= 11 is 0. The summed E-state index contributed by atoms with van der Waals surface area (Å²) in [5.41, 5.74) is 1.05. The van der Waals surface area contributed by atoms with Gasteiger partial charge in [-0.1, -0.05) is 6.42 Å². The highest BCUT2D eigenvalue weighted by Crippen LogP contribution is 2.17. The molecule has 1 unspecified atom stereocenters. The molecule has 0 amide bonds. The summed E-state index contributed by atoms with van der Waals surface area (Å²) in [5, 5.41) is 4.33. The number of carbonyl (C=O) groups is 1. The van der Waals surface area contributed by atoms with Gasteiger partial charge >= 0.3 is 0 Å². The van der Waals surface area contributed by atoms with Gasteiger partial charge in [-0.25, -0.2) is 0 Å². The first-order chi connectivity index (χ1) is 7.29. The zero-order valence-corrected chi connectivity index (χ0v) is 9.09. The first kappa shape index (κ1) is 10.4. The van der Waals surface area contributed by atoms with Gasteiger partial charge < -0.3 is 4.79 Å². The van der Waals surface area contributed by atoms with Crippen LogP contribution in [0.5, 0.6) is 0 Å². The Labute approximate surface area is 89.9 Å². The van der Waals surface area contributed by atoms with E-state index in [4.69, 9.17) is 0 Å². The van der Waals surface area contributed by atoms with E-state index in [-0.39, 0.29) is 6.04 Å². The third-order valence-electron chi connectivity index (χ3n) is 2.96. The number of carbonyl (C=O) groups excluding carboxylic acids is 1. The molecule has 0 aliphatic carbocycles. The molecule has 0 bridgehead atoms. The first-order valence-electron chi connectivity index (χ1n) is 5.47. The summed E-state index contributed by atoms with van der Waals surface area (Å²) in [5.74, 6) is 0. The zero-order valence-electron chi connectivity index (χ0n) is 9.09. The minimum atomic E-state index is 0.0979. The molecule has 2 rings (SSSR count). The molecular formula is C11H17N3O. The molecule has 4 nitrogen and oxygen atoms in total. The predicted octanol–water partition coefficient (Wildman–Crippen LogP) is 0.973. The minimum Gasteiger partial charge on any atom is -0.302 e. The third kappa shape index (κ3) is 2.45.